The van der Waals surface area contributed by atoms with E-state index in [9.17, 15) is 23.1 Å². The summed E-state index contributed by atoms with van der Waals surface area (Å²) in [5.41, 5.74) is 1.46. The van der Waals surface area contributed by atoms with Gasteiger partial charge in [0.05, 0.1) is 18.8 Å². The number of carbonyl (C=O) groups is 1. The number of alkyl halides is 3. The largest absolute Gasteiger partial charge is 0.411 e. The van der Waals surface area contributed by atoms with Gasteiger partial charge >= 0.3 is 6.18 Å². The second kappa shape index (κ2) is 9.22. The van der Waals surface area contributed by atoms with Crippen molar-refractivity contribution in [3.8, 4) is 0 Å². The molecule has 0 aromatic heterocycles. The van der Waals surface area contributed by atoms with E-state index in [-0.39, 0.29) is 31.0 Å². The molecule has 9 heteroatoms. The van der Waals surface area contributed by atoms with Crippen LogP contribution < -0.4 is 10.6 Å². The second-order valence-corrected chi connectivity index (χ2v) is 5.49. The molecule has 2 unspecified atom stereocenters. The zero-order valence-corrected chi connectivity index (χ0v) is 13.6. The smallest absolute Gasteiger partial charge is 0.392 e. The van der Waals surface area contributed by atoms with Gasteiger partial charge in [0, 0.05) is 13.1 Å². The third-order valence-corrected chi connectivity index (χ3v) is 3.45. The normalized spacial score (nSPS) is 20.5. The fourth-order valence-electron chi connectivity index (χ4n) is 2.27. The summed E-state index contributed by atoms with van der Waals surface area (Å²) in [6.45, 7) is -0.664. The number of hydrogen-bond acceptors (Lipinski definition) is 4. The van der Waals surface area contributed by atoms with Crippen LogP contribution >= 0.6 is 12.4 Å². The Morgan fingerprint density at radius 3 is 2.46 bits per heavy atom. The summed E-state index contributed by atoms with van der Waals surface area (Å²) in [6, 6.07) is 6.39. The maximum absolute atomic E-state index is 12.0. The van der Waals surface area contributed by atoms with Crippen LogP contribution in [0.2, 0.25) is 0 Å². The number of nitrogens with one attached hydrogen (secondary N) is 2. The lowest BCUT2D eigenvalue weighted by Crippen LogP contribution is -2.39. The molecule has 2 rings (SSSR count). The van der Waals surface area contributed by atoms with Gasteiger partial charge in [0.2, 0.25) is 5.91 Å². The molecular formula is C15H20ClF3N2O3. The summed E-state index contributed by atoms with van der Waals surface area (Å²) in [6.07, 6.45) is -4.44. The van der Waals surface area contributed by atoms with Crippen molar-refractivity contribution in [1.82, 2.24) is 10.6 Å². The maximum atomic E-state index is 12.0. The number of carbonyl (C=O) groups excluding carboxylic acids is 1. The molecule has 1 aromatic rings. The molecule has 1 aliphatic heterocycles. The number of halogens is 4. The number of amides is 1. The van der Waals surface area contributed by atoms with Crippen LogP contribution in [-0.4, -0.2) is 42.5 Å². The van der Waals surface area contributed by atoms with E-state index in [2.05, 4.69) is 15.4 Å². The van der Waals surface area contributed by atoms with Crippen LogP contribution in [0, 0.1) is 0 Å². The van der Waals surface area contributed by atoms with E-state index in [0.717, 1.165) is 5.56 Å². The second-order valence-electron chi connectivity index (χ2n) is 5.49. The number of aliphatic hydroxyl groups is 1. The van der Waals surface area contributed by atoms with Gasteiger partial charge in [0.1, 0.15) is 6.61 Å². The van der Waals surface area contributed by atoms with Gasteiger partial charge in [-0.05, 0) is 17.5 Å². The van der Waals surface area contributed by atoms with E-state index in [1.807, 2.05) is 0 Å². The quantitative estimate of drug-likeness (QED) is 0.712. The Morgan fingerprint density at radius 2 is 1.92 bits per heavy atom. The molecule has 2 atom stereocenters. The van der Waals surface area contributed by atoms with Crippen molar-refractivity contribution in [3.05, 3.63) is 35.4 Å². The first-order chi connectivity index (χ1) is 10.8. The van der Waals surface area contributed by atoms with Gasteiger partial charge in [-0.3, -0.25) is 4.79 Å². The van der Waals surface area contributed by atoms with Gasteiger partial charge in [-0.15, -0.1) is 12.4 Å². The first-order valence-corrected chi connectivity index (χ1v) is 7.25. The summed E-state index contributed by atoms with van der Waals surface area (Å²) in [4.78, 5) is 11.9. The first kappa shape index (κ1) is 20.7. The zero-order chi connectivity index (χ0) is 16.9. The highest BCUT2D eigenvalue weighted by Gasteiger charge is 2.28. The highest BCUT2D eigenvalue weighted by Crippen LogP contribution is 2.16. The van der Waals surface area contributed by atoms with Crippen molar-refractivity contribution >= 4 is 18.3 Å². The first-order valence-electron chi connectivity index (χ1n) is 7.25. The topological polar surface area (TPSA) is 70.6 Å². The summed E-state index contributed by atoms with van der Waals surface area (Å²) in [5, 5.41) is 15.0. The predicted molar refractivity (Wildman–Crippen MR) is 83.7 cm³/mol. The van der Waals surface area contributed by atoms with Crippen molar-refractivity contribution < 1.29 is 27.8 Å². The highest BCUT2D eigenvalue weighted by molar-refractivity contribution is 5.85. The summed E-state index contributed by atoms with van der Waals surface area (Å²) in [5.74, 6) is -0.181. The lowest BCUT2D eigenvalue weighted by molar-refractivity contribution is -0.176. The molecule has 1 saturated heterocycles. The lowest BCUT2D eigenvalue weighted by atomic mass is 10.1. The zero-order valence-electron chi connectivity index (χ0n) is 12.8. The van der Waals surface area contributed by atoms with Gasteiger partial charge in [-0.2, -0.15) is 13.2 Å². The van der Waals surface area contributed by atoms with Crippen molar-refractivity contribution in [1.29, 1.82) is 0 Å². The molecule has 1 heterocycles. The minimum Gasteiger partial charge on any atom is -0.392 e. The third kappa shape index (κ3) is 7.04. The summed E-state index contributed by atoms with van der Waals surface area (Å²) >= 11 is 0. The molecule has 0 aliphatic carbocycles. The van der Waals surface area contributed by atoms with E-state index in [0.29, 0.717) is 25.1 Å². The molecule has 5 nitrogen and oxygen atoms in total. The van der Waals surface area contributed by atoms with E-state index >= 15 is 0 Å². The molecular weight excluding hydrogens is 349 g/mol. The average Bonchev–Trinajstić information content (AvgIpc) is 2.91. The molecule has 0 radical (unpaired) electrons. The van der Waals surface area contributed by atoms with E-state index in [1.165, 1.54) is 0 Å². The molecule has 1 amide bonds. The minimum atomic E-state index is -4.33. The minimum absolute atomic E-state index is 0. The van der Waals surface area contributed by atoms with Crippen molar-refractivity contribution in [3.63, 3.8) is 0 Å². The van der Waals surface area contributed by atoms with E-state index in [1.54, 1.807) is 24.3 Å². The summed E-state index contributed by atoms with van der Waals surface area (Å²) in [7, 11) is 0. The van der Waals surface area contributed by atoms with E-state index in [4.69, 9.17) is 0 Å². The molecule has 0 spiro atoms. The molecule has 24 heavy (non-hydrogen) atoms. The van der Waals surface area contributed by atoms with E-state index < -0.39 is 18.9 Å². The van der Waals surface area contributed by atoms with Gasteiger partial charge in [0.25, 0.3) is 0 Å². The van der Waals surface area contributed by atoms with Crippen molar-refractivity contribution in [2.45, 2.75) is 37.9 Å². The van der Waals surface area contributed by atoms with Gasteiger partial charge in [-0.1, -0.05) is 24.3 Å². The molecule has 0 saturated carbocycles. The van der Waals surface area contributed by atoms with Gasteiger partial charge < -0.3 is 20.5 Å². The molecule has 0 bridgehead atoms. The summed E-state index contributed by atoms with van der Waals surface area (Å²) < 4.78 is 40.5. The lowest BCUT2D eigenvalue weighted by Gasteiger charge is -2.11. The highest BCUT2D eigenvalue weighted by atomic mass is 35.5. The van der Waals surface area contributed by atoms with Crippen LogP contribution in [0.1, 0.15) is 17.5 Å². The number of rotatable bonds is 6. The number of β-amino-alcohol motifs (C(OH)–C–C–N with tert-alkyl or cyclic N) is 1. The third-order valence-electron chi connectivity index (χ3n) is 3.45. The van der Waals surface area contributed by atoms with Crippen LogP contribution in [-0.2, 0) is 22.7 Å². The van der Waals surface area contributed by atoms with Gasteiger partial charge in [0.15, 0.2) is 0 Å². The van der Waals surface area contributed by atoms with Crippen LogP contribution in [0.3, 0.4) is 0 Å². The van der Waals surface area contributed by atoms with Crippen LogP contribution in [0.5, 0.6) is 0 Å². The van der Waals surface area contributed by atoms with Crippen LogP contribution in [0.4, 0.5) is 13.2 Å². The SMILES string of the molecule is Cl.O=C(NCc1ccc(COCC(F)(F)F)cc1)C1CC(O)CN1. The Labute approximate surface area is 144 Å². The number of aliphatic hydroxyl groups excluding tert-OH is 1. The monoisotopic (exact) mass is 368 g/mol. The molecule has 1 aliphatic rings. The van der Waals surface area contributed by atoms with Crippen molar-refractivity contribution in [2.24, 2.45) is 0 Å². The number of hydrogen-bond donors (Lipinski definition) is 3. The van der Waals surface area contributed by atoms with Crippen LogP contribution in [0.25, 0.3) is 0 Å². The Bertz CT molecular complexity index is 526. The standard InChI is InChI=1S/C15H19F3N2O3.ClH/c16-15(17,18)9-23-8-11-3-1-10(2-4-11)6-20-14(22)13-5-12(21)7-19-13;/h1-4,12-13,19,21H,5-9H2,(H,20,22);1H. The Morgan fingerprint density at radius 1 is 1.29 bits per heavy atom. The molecule has 1 fully saturated rings. The fourth-order valence-corrected chi connectivity index (χ4v) is 2.27. The molecule has 1 aromatic carbocycles. The Hall–Kier alpha value is -1.35. The number of ether oxygens (including phenoxy) is 1. The Balaban J connectivity index is 0.00000288. The fraction of sp³-hybridized carbons (Fsp3) is 0.533. The predicted octanol–water partition coefficient (Wildman–Crippen LogP) is 1.53. The van der Waals surface area contributed by atoms with Crippen LogP contribution in [0.15, 0.2) is 24.3 Å². The number of benzene rings is 1. The molecule has 3 N–H and O–H groups in total. The molecule has 136 valence electrons. The Kier molecular flexibility index (Phi) is 7.95. The maximum Gasteiger partial charge on any atom is 0.411 e. The van der Waals surface area contributed by atoms with Gasteiger partial charge in [-0.25, -0.2) is 0 Å². The average molecular weight is 369 g/mol. The van der Waals surface area contributed by atoms with Crippen molar-refractivity contribution in [2.75, 3.05) is 13.2 Å².